The number of aryl methyl sites for hydroxylation is 1. The molecule has 2 heterocycles. The second kappa shape index (κ2) is 8.07. The van der Waals surface area contributed by atoms with Crippen molar-refractivity contribution in [2.75, 3.05) is 13.2 Å². The van der Waals surface area contributed by atoms with Crippen LogP contribution in [0.4, 0.5) is 0 Å². The molecule has 0 aliphatic carbocycles. The fraction of sp³-hybridized carbons (Fsp3) is 0.217. The number of hydrogen-bond acceptors (Lipinski definition) is 1. The average Bonchev–Trinajstić information content (AvgIpc) is 2.70. The normalized spacial score (nSPS) is 11.2. The maximum atomic E-state index is 5.82. The number of benzene rings is 2. The SMILES string of the molecule is c1ccc2c[n+](CCCOCC[n+]3ccc4ccccc4c3)ccc2c1. The van der Waals surface area contributed by atoms with E-state index in [1.807, 2.05) is 0 Å². The number of fused-ring (bicyclic) bond motifs is 2. The van der Waals surface area contributed by atoms with E-state index in [2.05, 4.69) is 94.6 Å². The minimum absolute atomic E-state index is 0.741. The summed E-state index contributed by atoms with van der Waals surface area (Å²) in [6.45, 7) is 3.39. The molecule has 2 aromatic carbocycles. The molecular weight excluding hydrogens is 320 g/mol. The van der Waals surface area contributed by atoms with Gasteiger partial charge in [0.1, 0.15) is 6.61 Å². The second-order valence-corrected chi connectivity index (χ2v) is 6.59. The van der Waals surface area contributed by atoms with Gasteiger partial charge in [0.2, 0.25) is 0 Å². The Morgan fingerprint density at radius 3 is 1.73 bits per heavy atom. The molecule has 0 aliphatic rings. The molecule has 0 radical (unpaired) electrons. The van der Waals surface area contributed by atoms with Gasteiger partial charge in [-0.3, -0.25) is 0 Å². The number of pyridine rings is 2. The summed E-state index contributed by atoms with van der Waals surface area (Å²) in [6.07, 6.45) is 9.68. The van der Waals surface area contributed by atoms with E-state index in [-0.39, 0.29) is 0 Å². The predicted octanol–water partition coefficient (Wildman–Crippen LogP) is 3.67. The van der Waals surface area contributed by atoms with Crippen LogP contribution in [0.2, 0.25) is 0 Å². The Morgan fingerprint density at radius 2 is 1.12 bits per heavy atom. The summed E-state index contributed by atoms with van der Waals surface area (Å²) in [5.41, 5.74) is 0. The smallest absolute Gasteiger partial charge is 0.176 e. The zero-order valence-corrected chi connectivity index (χ0v) is 14.9. The summed E-state index contributed by atoms with van der Waals surface area (Å²) < 4.78 is 10.3. The molecule has 26 heavy (non-hydrogen) atoms. The molecule has 2 aromatic heterocycles. The molecule has 0 aliphatic heterocycles. The van der Waals surface area contributed by atoms with Crippen LogP contribution in [0.5, 0.6) is 0 Å². The van der Waals surface area contributed by atoms with Gasteiger partial charge in [-0.2, -0.15) is 0 Å². The second-order valence-electron chi connectivity index (χ2n) is 6.59. The van der Waals surface area contributed by atoms with Crippen molar-refractivity contribution in [3.63, 3.8) is 0 Å². The van der Waals surface area contributed by atoms with Crippen molar-refractivity contribution in [2.45, 2.75) is 19.5 Å². The number of rotatable bonds is 7. The Hall–Kier alpha value is -2.78. The van der Waals surface area contributed by atoms with E-state index in [1.165, 1.54) is 21.5 Å². The quantitative estimate of drug-likeness (QED) is 0.369. The van der Waals surface area contributed by atoms with Crippen LogP contribution in [0.15, 0.2) is 85.5 Å². The number of nitrogens with zero attached hydrogens (tertiary/aromatic N) is 2. The van der Waals surface area contributed by atoms with Crippen LogP contribution in [-0.2, 0) is 17.8 Å². The summed E-state index contributed by atoms with van der Waals surface area (Å²) in [4.78, 5) is 0. The van der Waals surface area contributed by atoms with E-state index in [4.69, 9.17) is 4.74 Å². The Kier molecular flexibility index (Phi) is 5.17. The van der Waals surface area contributed by atoms with E-state index in [0.717, 1.165) is 32.7 Å². The van der Waals surface area contributed by atoms with Gasteiger partial charge < -0.3 is 4.74 Å². The van der Waals surface area contributed by atoms with Gasteiger partial charge in [0.25, 0.3) is 0 Å². The lowest BCUT2D eigenvalue weighted by molar-refractivity contribution is -0.699. The Bertz CT molecular complexity index is 930. The van der Waals surface area contributed by atoms with E-state index in [9.17, 15) is 0 Å². The van der Waals surface area contributed by atoms with Crippen LogP contribution in [0, 0.1) is 0 Å². The van der Waals surface area contributed by atoms with Crippen molar-refractivity contribution >= 4 is 21.5 Å². The summed E-state index contributed by atoms with van der Waals surface area (Å²) in [6, 6.07) is 21.2. The van der Waals surface area contributed by atoms with Gasteiger partial charge in [0.05, 0.1) is 6.61 Å². The monoisotopic (exact) mass is 344 g/mol. The first-order chi connectivity index (χ1) is 12.9. The third-order valence-electron chi connectivity index (χ3n) is 4.69. The molecule has 0 amide bonds. The molecule has 4 rings (SSSR count). The largest absolute Gasteiger partial charge is 0.375 e. The van der Waals surface area contributed by atoms with Crippen LogP contribution < -0.4 is 9.13 Å². The Labute approximate surface area is 154 Å². The van der Waals surface area contributed by atoms with Gasteiger partial charge >= 0.3 is 0 Å². The minimum atomic E-state index is 0.741. The summed E-state index contributed by atoms with van der Waals surface area (Å²) >= 11 is 0. The fourth-order valence-electron chi connectivity index (χ4n) is 3.26. The number of ether oxygens (including phenoxy) is 1. The van der Waals surface area contributed by atoms with Gasteiger partial charge in [0, 0.05) is 29.3 Å². The maximum absolute atomic E-state index is 5.82. The van der Waals surface area contributed by atoms with Gasteiger partial charge in [-0.1, -0.05) is 36.4 Å². The Balaban J connectivity index is 1.22. The summed E-state index contributed by atoms with van der Waals surface area (Å²) in [7, 11) is 0. The highest BCUT2D eigenvalue weighted by atomic mass is 16.5. The topological polar surface area (TPSA) is 17.0 Å². The lowest BCUT2D eigenvalue weighted by atomic mass is 10.2. The molecule has 0 bridgehead atoms. The first-order valence-corrected chi connectivity index (χ1v) is 9.22. The Morgan fingerprint density at radius 1 is 0.577 bits per heavy atom. The molecule has 0 saturated heterocycles. The molecule has 130 valence electrons. The van der Waals surface area contributed by atoms with Crippen LogP contribution >= 0.6 is 0 Å². The lowest BCUT2D eigenvalue weighted by Gasteiger charge is -2.02. The maximum Gasteiger partial charge on any atom is 0.176 e. The number of aromatic nitrogens is 2. The van der Waals surface area contributed by atoms with Gasteiger partial charge in [-0.05, 0) is 22.9 Å². The predicted molar refractivity (Wildman–Crippen MR) is 104 cm³/mol. The first kappa shape index (κ1) is 16.7. The first-order valence-electron chi connectivity index (χ1n) is 9.22. The molecule has 4 aromatic rings. The van der Waals surface area contributed by atoms with Crippen molar-refractivity contribution in [1.82, 2.24) is 0 Å². The zero-order valence-electron chi connectivity index (χ0n) is 14.9. The highest BCUT2D eigenvalue weighted by Crippen LogP contribution is 2.10. The van der Waals surface area contributed by atoms with Crippen molar-refractivity contribution in [3.05, 3.63) is 85.5 Å². The van der Waals surface area contributed by atoms with E-state index in [1.54, 1.807) is 0 Å². The summed E-state index contributed by atoms with van der Waals surface area (Å²) in [5.74, 6) is 0. The van der Waals surface area contributed by atoms with Crippen molar-refractivity contribution in [3.8, 4) is 0 Å². The molecule has 0 N–H and O–H groups in total. The third kappa shape index (κ3) is 4.06. The molecule has 0 unspecified atom stereocenters. The molecule has 3 heteroatoms. The van der Waals surface area contributed by atoms with Crippen molar-refractivity contribution < 1.29 is 13.9 Å². The molecule has 3 nitrogen and oxygen atoms in total. The molecular formula is C23H24N2O+2. The van der Waals surface area contributed by atoms with Crippen LogP contribution in [0.1, 0.15) is 6.42 Å². The van der Waals surface area contributed by atoms with E-state index in [0.29, 0.717) is 0 Å². The molecule has 0 atom stereocenters. The highest BCUT2D eigenvalue weighted by Gasteiger charge is 2.05. The lowest BCUT2D eigenvalue weighted by Crippen LogP contribution is -2.35. The van der Waals surface area contributed by atoms with E-state index >= 15 is 0 Å². The zero-order chi connectivity index (χ0) is 17.6. The molecule has 0 spiro atoms. The van der Waals surface area contributed by atoms with Gasteiger partial charge in [0.15, 0.2) is 37.9 Å². The highest BCUT2D eigenvalue weighted by molar-refractivity contribution is 5.80. The molecule has 0 saturated carbocycles. The van der Waals surface area contributed by atoms with Crippen molar-refractivity contribution in [2.24, 2.45) is 0 Å². The fourth-order valence-corrected chi connectivity index (χ4v) is 3.26. The molecule has 0 fully saturated rings. The van der Waals surface area contributed by atoms with Gasteiger partial charge in [-0.25, -0.2) is 9.13 Å². The van der Waals surface area contributed by atoms with Gasteiger partial charge in [-0.15, -0.1) is 0 Å². The average molecular weight is 344 g/mol. The number of hydrogen-bond donors (Lipinski definition) is 0. The van der Waals surface area contributed by atoms with Crippen LogP contribution in [-0.4, -0.2) is 13.2 Å². The van der Waals surface area contributed by atoms with Crippen LogP contribution in [0.3, 0.4) is 0 Å². The summed E-state index contributed by atoms with van der Waals surface area (Å²) in [5, 5.41) is 5.11. The van der Waals surface area contributed by atoms with Crippen molar-refractivity contribution in [1.29, 1.82) is 0 Å². The third-order valence-corrected chi connectivity index (χ3v) is 4.69. The minimum Gasteiger partial charge on any atom is -0.375 e. The standard InChI is InChI=1S/C23H24N2O/c1-3-8-22-18-24(13-10-20(22)6-1)12-5-16-26-17-15-25-14-11-21-7-2-4-9-23(21)19-25/h1-4,6-11,13-14,18-19H,5,12,15-17H2/q+2. The van der Waals surface area contributed by atoms with E-state index < -0.39 is 0 Å². The van der Waals surface area contributed by atoms with Crippen LogP contribution in [0.25, 0.3) is 21.5 Å².